The van der Waals surface area contributed by atoms with E-state index in [2.05, 4.69) is 0 Å². The predicted octanol–water partition coefficient (Wildman–Crippen LogP) is 1.37. The third kappa shape index (κ3) is 1.80. The van der Waals surface area contributed by atoms with E-state index in [0.717, 1.165) is 17.6 Å². The Labute approximate surface area is 65.0 Å². The van der Waals surface area contributed by atoms with E-state index in [9.17, 15) is 4.79 Å². The van der Waals surface area contributed by atoms with Crippen LogP contribution in [0.25, 0.3) is 0 Å². The molecule has 0 aromatic rings. The molecule has 0 bridgehead atoms. The molecule has 1 rings (SSSR count). The standard InChI is InChI=1S/C7H7O.Co/c1-6-3-2-4-7(6)5-8;/h2-3H,4H2,1H3;/q-1;. The van der Waals surface area contributed by atoms with Gasteiger partial charge in [-0.2, -0.15) is 11.1 Å². The first-order valence-electron chi connectivity index (χ1n) is 2.59. The van der Waals surface area contributed by atoms with E-state index >= 15 is 0 Å². The second-order valence-corrected chi connectivity index (χ2v) is 1.87. The number of rotatable bonds is 1. The predicted molar refractivity (Wildman–Crippen MR) is 32.2 cm³/mol. The fourth-order valence-corrected chi connectivity index (χ4v) is 0.737. The van der Waals surface area contributed by atoms with Gasteiger partial charge in [0.25, 0.3) is 0 Å². The molecule has 0 fully saturated rings. The van der Waals surface area contributed by atoms with Crippen LogP contribution in [0.4, 0.5) is 0 Å². The van der Waals surface area contributed by atoms with Gasteiger partial charge in [-0.3, -0.25) is 0 Å². The van der Waals surface area contributed by atoms with E-state index in [0.29, 0.717) is 0 Å². The molecular formula is C7H7CoO-. The summed E-state index contributed by atoms with van der Waals surface area (Å²) >= 11 is 0. The summed E-state index contributed by atoms with van der Waals surface area (Å²) in [4.78, 5) is 9.99. The monoisotopic (exact) mass is 166 g/mol. The quantitative estimate of drug-likeness (QED) is 0.537. The first kappa shape index (κ1) is 8.66. The van der Waals surface area contributed by atoms with E-state index in [1.165, 1.54) is 0 Å². The largest absolute Gasteiger partial charge is 0.419 e. The molecule has 51 valence electrons. The van der Waals surface area contributed by atoms with Gasteiger partial charge in [-0.05, 0) is 12.7 Å². The van der Waals surface area contributed by atoms with Gasteiger partial charge in [0, 0.05) is 16.8 Å². The van der Waals surface area contributed by atoms with Crippen molar-refractivity contribution in [2.45, 2.75) is 13.3 Å². The third-order valence-electron chi connectivity index (χ3n) is 1.29. The molecule has 0 aromatic carbocycles. The van der Waals surface area contributed by atoms with Gasteiger partial charge in [-0.25, -0.2) is 0 Å². The van der Waals surface area contributed by atoms with Crippen molar-refractivity contribution in [3.05, 3.63) is 23.3 Å². The van der Waals surface area contributed by atoms with Crippen LogP contribution in [0.1, 0.15) is 13.3 Å². The number of carbonyl (C=O) groups excluding carboxylic acids is 1. The molecule has 0 saturated heterocycles. The van der Waals surface area contributed by atoms with Gasteiger partial charge < -0.3 is 4.79 Å². The number of hydrogen-bond acceptors (Lipinski definition) is 1. The molecule has 0 aliphatic heterocycles. The zero-order valence-electron chi connectivity index (χ0n) is 5.10. The van der Waals surface area contributed by atoms with Crippen LogP contribution in [-0.2, 0) is 21.6 Å². The summed E-state index contributed by atoms with van der Waals surface area (Å²) < 4.78 is 0. The fraction of sp³-hybridized carbons (Fsp3) is 0.286. The van der Waals surface area contributed by atoms with Crippen molar-refractivity contribution in [2.75, 3.05) is 0 Å². The maximum absolute atomic E-state index is 9.99. The molecule has 0 unspecified atom stereocenters. The summed E-state index contributed by atoms with van der Waals surface area (Å²) in [5.74, 6) is 0. The van der Waals surface area contributed by atoms with Crippen LogP contribution in [0.3, 0.4) is 0 Å². The normalized spacial score (nSPS) is 15.7. The molecule has 1 aliphatic rings. The van der Waals surface area contributed by atoms with Crippen LogP contribution in [0, 0.1) is 0 Å². The Hall–Kier alpha value is -0.344. The van der Waals surface area contributed by atoms with Gasteiger partial charge in [0.05, 0.1) is 0 Å². The first-order chi connectivity index (χ1) is 3.84. The Morgan fingerprint density at radius 2 is 2.33 bits per heavy atom. The molecule has 0 saturated carbocycles. The molecule has 0 heterocycles. The van der Waals surface area contributed by atoms with E-state index in [1.807, 2.05) is 25.4 Å². The van der Waals surface area contributed by atoms with Crippen molar-refractivity contribution >= 4 is 6.29 Å². The van der Waals surface area contributed by atoms with Crippen LogP contribution in [0.5, 0.6) is 0 Å². The van der Waals surface area contributed by atoms with E-state index < -0.39 is 0 Å². The van der Waals surface area contributed by atoms with Crippen molar-refractivity contribution in [3.8, 4) is 0 Å². The minimum atomic E-state index is 0. The topological polar surface area (TPSA) is 17.1 Å². The van der Waals surface area contributed by atoms with Crippen LogP contribution in [-0.4, -0.2) is 6.29 Å². The van der Waals surface area contributed by atoms with Crippen LogP contribution in [0.15, 0.2) is 23.3 Å². The Morgan fingerprint density at radius 3 is 2.56 bits per heavy atom. The van der Waals surface area contributed by atoms with Crippen molar-refractivity contribution < 1.29 is 21.6 Å². The van der Waals surface area contributed by atoms with Crippen molar-refractivity contribution in [1.82, 2.24) is 0 Å². The molecule has 1 radical (unpaired) electrons. The number of hydrogen-bond donors (Lipinski definition) is 0. The Morgan fingerprint density at radius 1 is 1.67 bits per heavy atom. The molecule has 0 spiro atoms. The maximum Gasteiger partial charge on any atom is 0 e. The minimum Gasteiger partial charge on any atom is -0.419 e. The summed E-state index contributed by atoms with van der Waals surface area (Å²) in [6.07, 6.45) is 6.57. The summed E-state index contributed by atoms with van der Waals surface area (Å²) in [6.45, 7) is 1.92. The summed E-state index contributed by atoms with van der Waals surface area (Å²) in [6, 6.07) is 0. The van der Waals surface area contributed by atoms with Crippen LogP contribution in [0.2, 0.25) is 0 Å². The zero-order valence-corrected chi connectivity index (χ0v) is 6.14. The molecule has 0 N–H and O–H groups in total. The second-order valence-electron chi connectivity index (χ2n) is 1.87. The molecule has 2 heteroatoms. The zero-order chi connectivity index (χ0) is 5.98. The summed E-state index contributed by atoms with van der Waals surface area (Å²) in [5, 5.41) is 0. The maximum atomic E-state index is 9.99. The molecule has 0 aromatic heterocycles. The fourth-order valence-electron chi connectivity index (χ4n) is 0.737. The van der Waals surface area contributed by atoms with Crippen LogP contribution < -0.4 is 0 Å². The smallest absolute Gasteiger partial charge is 0 e. The number of allylic oxidation sites excluding steroid dienone is 4. The Bertz CT molecular complexity index is 168. The van der Waals surface area contributed by atoms with Gasteiger partial charge in [0.1, 0.15) is 0 Å². The Balaban J connectivity index is 0.000000640. The molecule has 9 heavy (non-hydrogen) atoms. The van der Waals surface area contributed by atoms with E-state index in [1.54, 1.807) is 0 Å². The molecule has 1 aliphatic carbocycles. The van der Waals surface area contributed by atoms with Gasteiger partial charge in [0.15, 0.2) is 0 Å². The van der Waals surface area contributed by atoms with E-state index in [4.69, 9.17) is 0 Å². The van der Waals surface area contributed by atoms with Gasteiger partial charge >= 0.3 is 0 Å². The molecular weight excluding hydrogens is 159 g/mol. The van der Waals surface area contributed by atoms with Gasteiger partial charge in [-0.1, -0.05) is 0 Å². The summed E-state index contributed by atoms with van der Waals surface area (Å²) in [5.41, 5.74) is 1.85. The van der Waals surface area contributed by atoms with Crippen molar-refractivity contribution in [1.29, 1.82) is 0 Å². The van der Waals surface area contributed by atoms with Crippen molar-refractivity contribution in [3.63, 3.8) is 0 Å². The molecule has 0 amide bonds. The van der Waals surface area contributed by atoms with Crippen molar-refractivity contribution in [2.24, 2.45) is 0 Å². The van der Waals surface area contributed by atoms with Crippen LogP contribution >= 0.6 is 0 Å². The third-order valence-corrected chi connectivity index (χ3v) is 1.29. The Kier molecular flexibility index (Phi) is 3.50. The average Bonchev–Trinajstić information content (AvgIpc) is 2.14. The second kappa shape index (κ2) is 3.64. The first-order valence-corrected chi connectivity index (χ1v) is 2.59. The van der Waals surface area contributed by atoms with Gasteiger partial charge in [0.2, 0.25) is 0 Å². The molecule has 1 nitrogen and oxygen atoms in total. The van der Waals surface area contributed by atoms with E-state index in [-0.39, 0.29) is 16.8 Å². The summed E-state index contributed by atoms with van der Waals surface area (Å²) in [7, 11) is 0. The SMILES string of the molecule is CC1=C([C-]=O)CC=C1.[Co]. The van der Waals surface area contributed by atoms with Gasteiger partial charge in [-0.15, -0.1) is 19.1 Å². The molecule has 0 atom stereocenters. The average molecular weight is 166 g/mol. The minimum absolute atomic E-state index is 0.